The lowest BCUT2D eigenvalue weighted by atomic mass is 9.98. The molecule has 0 aliphatic carbocycles. The zero-order valence-corrected chi connectivity index (χ0v) is 14.0. The van der Waals surface area contributed by atoms with E-state index in [0.29, 0.717) is 21.7 Å². The number of carboxylic acid groups (broad SMARTS) is 1. The first-order valence-corrected chi connectivity index (χ1v) is 7.88. The number of carbonyl (C=O) groups excluding carboxylic acids is 2. The van der Waals surface area contributed by atoms with Crippen molar-refractivity contribution in [3.05, 3.63) is 63.7 Å². The summed E-state index contributed by atoms with van der Waals surface area (Å²) >= 11 is 5.87. The van der Waals surface area contributed by atoms with E-state index in [2.05, 4.69) is 5.32 Å². The number of hydrogen-bond acceptors (Lipinski definition) is 4. The largest absolute Gasteiger partial charge is 0.478 e. The number of amides is 1. The van der Waals surface area contributed by atoms with Crippen LogP contribution in [0.25, 0.3) is 0 Å². The van der Waals surface area contributed by atoms with Gasteiger partial charge in [-0.05, 0) is 36.2 Å². The Labute approximate surface area is 148 Å². The molecule has 2 aromatic carbocycles. The van der Waals surface area contributed by atoms with Crippen LogP contribution in [0.15, 0.2) is 36.4 Å². The van der Waals surface area contributed by atoms with Gasteiger partial charge in [-0.2, -0.15) is 0 Å². The van der Waals surface area contributed by atoms with Crippen molar-refractivity contribution in [3.8, 4) is 0 Å². The van der Waals surface area contributed by atoms with E-state index in [-0.39, 0.29) is 17.7 Å². The standard InChI is InChI=1S/C18H14ClNO5/c1-9-3-2-4-12(17(22)23)15(9)20-16(21)14-7-10-5-6-11(19)8-13(10)18(24)25-14/h2-6,8,14H,7H2,1H3,(H,20,21)(H,22,23). The average molecular weight is 360 g/mol. The van der Waals surface area contributed by atoms with Gasteiger partial charge in [0.2, 0.25) is 0 Å². The number of benzene rings is 2. The zero-order chi connectivity index (χ0) is 18.1. The number of aromatic carboxylic acids is 1. The smallest absolute Gasteiger partial charge is 0.339 e. The third-order valence-electron chi connectivity index (χ3n) is 3.99. The Bertz CT molecular complexity index is 893. The maximum absolute atomic E-state index is 12.5. The first-order valence-electron chi connectivity index (χ1n) is 7.50. The number of rotatable bonds is 3. The molecule has 25 heavy (non-hydrogen) atoms. The molecular formula is C18H14ClNO5. The quantitative estimate of drug-likeness (QED) is 0.821. The lowest BCUT2D eigenvalue weighted by molar-refractivity contribution is -0.125. The molecule has 6 nitrogen and oxygen atoms in total. The topological polar surface area (TPSA) is 92.7 Å². The fourth-order valence-corrected chi connectivity index (χ4v) is 2.88. The predicted molar refractivity (Wildman–Crippen MR) is 91.1 cm³/mol. The van der Waals surface area contributed by atoms with Crippen molar-refractivity contribution in [1.29, 1.82) is 0 Å². The number of esters is 1. The molecule has 0 aromatic heterocycles. The molecule has 128 valence electrons. The summed E-state index contributed by atoms with van der Waals surface area (Å²) in [4.78, 5) is 35.9. The average Bonchev–Trinajstić information content (AvgIpc) is 2.56. The number of carboxylic acids is 1. The molecule has 0 radical (unpaired) electrons. The minimum absolute atomic E-state index is 0.0253. The van der Waals surface area contributed by atoms with Gasteiger partial charge in [0.05, 0.1) is 16.8 Å². The molecule has 1 atom stereocenters. The maximum atomic E-state index is 12.5. The van der Waals surface area contributed by atoms with E-state index in [1.54, 1.807) is 31.2 Å². The molecule has 3 rings (SSSR count). The van der Waals surface area contributed by atoms with Crippen LogP contribution in [-0.4, -0.2) is 29.1 Å². The highest BCUT2D eigenvalue weighted by atomic mass is 35.5. The molecule has 7 heteroatoms. The van der Waals surface area contributed by atoms with Crippen LogP contribution in [0.4, 0.5) is 5.69 Å². The summed E-state index contributed by atoms with van der Waals surface area (Å²) in [6, 6.07) is 9.49. The van der Waals surface area contributed by atoms with Crippen LogP contribution < -0.4 is 5.32 Å². The molecule has 0 fully saturated rings. The van der Waals surface area contributed by atoms with Crippen LogP contribution in [0.3, 0.4) is 0 Å². The van der Waals surface area contributed by atoms with Crippen LogP contribution in [0.5, 0.6) is 0 Å². The van der Waals surface area contributed by atoms with E-state index >= 15 is 0 Å². The summed E-state index contributed by atoms with van der Waals surface area (Å²) in [6.45, 7) is 1.69. The number of halogens is 1. The summed E-state index contributed by atoms with van der Waals surface area (Å²) in [5, 5.41) is 12.2. The van der Waals surface area contributed by atoms with Crippen LogP contribution in [0.1, 0.15) is 31.8 Å². The molecule has 2 aromatic rings. The third kappa shape index (κ3) is 3.34. The van der Waals surface area contributed by atoms with Gasteiger partial charge >= 0.3 is 11.9 Å². The first-order chi connectivity index (χ1) is 11.9. The summed E-state index contributed by atoms with van der Waals surface area (Å²) in [6.07, 6.45) is -0.847. The monoisotopic (exact) mass is 359 g/mol. The minimum atomic E-state index is -1.15. The molecule has 0 spiro atoms. The van der Waals surface area contributed by atoms with Gasteiger partial charge < -0.3 is 15.2 Å². The predicted octanol–water partition coefficient (Wildman–Crippen LogP) is 3.07. The lowest BCUT2D eigenvalue weighted by Gasteiger charge is -2.24. The summed E-state index contributed by atoms with van der Waals surface area (Å²) in [7, 11) is 0. The number of para-hydroxylation sites is 1. The Hall–Kier alpha value is -2.86. The van der Waals surface area contributed by atoms with Gasteiger partial charge in [-0.3, -0.25) is 4.79 Å². The van der Waals surface area contributed by atoms with Gasteiger partial charge in [-0.25, -0.2) is 9.59 Å². The summed E-state index contributed by atoms with van der Waals surface area (Å²) in [5.41, 5.74) is 1.76. The fourth-order valence-electron chi connectivity index (χ4n) is 2.71. The number of aryl methyl sites for hydroxylation is 1. The van der Waals surface area contributed by atoms with Gasteiger partial charge in [0, 0.05) is 11.4 Å². The number of cyclic esters (lactones) is 1. The Morgan fingerprint density at radius 1 is 1.28 bits per heavy atom. The van der Waals surface area contributed by atoms with E-state index in [0.717, 1.165) is 0 Å². The maximum Gasteiger partial charge on any atom is 0.339 e. The van der Waals surface area contributed by atoms with E-state index in [9.17, 15) is 19.5 Å². The molecule has 1 aliphatic rings. The summed E-state index contributed by atoms with van der Waals surface area (Å²) in [5.74, 6) is -2.36. The second kappa shape index (κ2) is 6.57. The normalized spacial score (nSPS) is 15.9. The van der Waals surface area contributed by atoms with E-state index in [4.69, 9.17) is 16.3 Å². The van der Waals surface area contributed by atoms with Crippen molar-refractivity contribution >= 4 is 35.1 Å². The van der Waals surface area contributed by atoms with Crippen molar-refractivity contribution in [3.63, 3.8) is 0 Å². The number of carbonyl (C=O) groups is 3. The van der Waals surface area contributed by atoms with Crippen LogP contribution in [-0.2, 0) is 16.0 Å². The first kappa shape index (κ1) is 17.0. The SMILES string of the molecule is Cc1cccc(C(=O)O)c1NC(=O)C1Cc2ccc(Cl)cc2C(=O)O1. The van der Waals surface area contributed by atoms with Crippen molar-refractivity contribution in [2.24, 2.45) is 0 Å². The van der Waals surface area contributed by atoms with Crippen molar-refractivity contribution in [2.75, 3.05) is 5.32 Å². The molecule has 0 bridgehead atoms. The summed E-state index contributed by atoms with van der Waals surface area (Å²) < 4.78 is 5.18. The zero-order valence-electron chi connectivity index (χ0n) is 13.2. The van der Waals surface area contributed by atoms with Gasteiger partial charge in [0.1, 0.15) is 0 Å². The Kier molecular flexibility index (Phi) is 4.46. The van der Waals surface area contributed by atoms with E-state index in [1.807, 2.05) is 0 Å². The van der Waals surface area contributed by atoms with Crippen LogP contribution in [0.2, 0.25) is 5.02 Å². The van der Waals surface area contributed by atoms with E-state index in [1.165, 1.54) is 12.1 Å². The van der Waals surface area contributed by atoms with Crippen molar-refractivity contribution < 1.29 is 24.2 Å². The lowest BCUT2D eigenvalue weighted by Crippen LogP contribution is -2.38. The molecule has 1 amide bonds. The minimum Gasteiger partial charge on any atom is -0.478 e. The number of hydrogen-bond donors (Lipinski definition) is 2. The van der Waals surface area contributed by atoms with Gasteiger partial charge in [-0.15, -0.1) is 0 Å². The van der Waals surface area contributed by atoms with Gasteiger partial charge in [-0.1, -0.05) is 29.8 Å². The Morgan fingerprint density at radius 2 is 2.04 bits per heavy atom. The molecule has 1 aliphatic heterocycles. The van der Waals surface area contributed by atoms with Crippen molar-refractivity contribution in [1.82, 2.24) is 0 Å². The highest BCUT2D eigenvalue weighted by Crippen LogP contribution is 2.26. The second-order valence-electron chi connectivity index (χ2n) is 5.69. The fraction of sp³-hybridized carbons (Fsp3) is 0.167. The van der Waals surface area contributed by atoms with Crippen LogP contribution >= 0.6 is 11.6 Å². The number of ether oxygens (including phenoxy) is 1. The Balaban J connectivity index is 1.85. The van der Waals surface area contributed by atoms with E-state index < -0.39 is 23.9 Å². The number of nitrogens with one attached hydrogen (secondary N) is 1. The van der Waals surface area contributed by atoms with Crippen LogP contribution in [0, 0.1) is 6.92 Å². The molecule has 1 unspecified atom stereocenters. The molecule has 0 saturated heterocycles. The third-order valence-corrected chi connectivity index (χ3v) is 4.23. The molecule has 0 saturated carbocycles. The molecule has 2 N–H and O–H groups in total. The second-order valence-corrected chi connectivity index (χ2v) is 6.13. The van der Waals surface area contributed by atoms with Gasteiger partial charge in [0.15, 0.2) is 6.10 Å². The molecule has 1 heterocycles. The molecular weight excluding hydrogens is 346 g/mol. The van der Waals surface area contributed by atoms with Gasteiger partial charge in [0.25, 0.3) is 5.91 Å². The number of anilines is 1. The van der Waals surface area contributed by atoms with Crippen molar-refractivity contribution in [2.45, 2.75) is 19.4 Å². The Morgan fingerprint density at radius 3 is 2.76 bits per heavy atom. The number of fused-ring (bicyclic) bond motifs is 1. The highest BCUT2D eigenvalue weighted by molar-refractivity contribution is 6.31. The highest BCUT2D eigenvalue weighted by Gasteiger charge is 2.32.